The number of nitrogens with one attached hydrogen (secondary N) is 1. The predicted octanol–water partition coefficient (Wildman–Crippen LogP) is 0.344. The van der Waals surface area contributed by atoms with Crippen LogP contribution in [0.2, 0.25) is 0 Å². The first kappa shape index (κ1) is 15.0. The van der Waals surface area contributed by atoms with Crippen molar-refractivity contribution in [3.8, 4) is 0 Å². The monoisotopic (exact) mass is 255 g/mol. The third-order valence-corrected chi connectivity index (χ3v) is 4.10. The van der Waals surface area contributed by atoms with Crippen molar-refractivity contribution in [2.75, 3.05) is 20.1 Å². The normalized spacial score (nSPS) is 26.8. The van der Waals surface area contributed by atoms with Gasteiger partial charge in [-0.1, -0.05) is 20.3 Å². The number of nitrogens with two attached hydrogens (primary N) is 1. The summed E-state index contributed by atoms with van der Waals surface area (Å²) in [6.07, 6.45) is 1.58. The Hall–Kier alpha value is -1.10. The van der Waals surface area contributed by atoms with Crippen LogP contribution in [0.3, 0.4) is 0 Å². The highest BCUT2D eigenvalue weighted by Gasteiger charge is 2.42. The van der Waals surface area contributed by atoms with E-state index in [0.717, 1.165) is 6.42 Å². The van der Waals surface area contributed by atoms with Crippen molar-refractivity contribution >= 4 is 11.8 Å². The zero-order chi connectivity index (χ0) is 13.9. The highest BCUT2D eigenvalue weighted by atomic mass is 16.2. The maximum atomic E-state index is 12.2. The molecule has 104 valence electrons. The molecule has 0 aromatic heterocycles. The van der Waals surface area contributed by atoms with E-state index in [9.17, 15) is 9.59 Å². The number of hydrogen-bond donors (Lipinski definition) is 2. The molecule has 1 fully saturated rings. The van der Waals surface area contributed by atoms with E-state index in [0.29, 0.717) is 19.5 Å². The van der Waals surface area contributed by atoms with Crippen molar-refractivity contribution in [3.63, 3.8) is 0 Å². The van der Waals surface area contributed by atoms with E-state index in [4.69, 9.17) is 5.73 Å². The summed E-state index contributed by atoms with van der Waals surface area (Å²) >= 11 is 0. The zero-order valence-electron chi connectivity index (χ0n) is 11.8. The second-order valence-electron chi connectivity index (χ2n) is 5.56. The predicted molar refractivity (Wildman–Crippen MR) is 70.8 cm³/mol. The van der Waals surface area contributed by atoms with Gasteiger partial charge in [0.1, 0.15) is 0 Å². The van der Waals surface area contributed by atoms with Crippen LogP contribution in [0.15, 0.2) is 0 Å². The van der Waals surface area contributed by atoms with Crippen LogP contribution in [-0.2, 0) is 9.59 Å². The molecule has 2 amide bonds. The number of carbonyl (C=O) groups is 2. The fraction of sp³-hybridized carbons (Fsp3) is 0.846. The molecule has 1 heterocycles. The Morgan fingerprint density at radius 3 is 2.61 bits per heavy atom. The molecule has 1 saturated heterocycles. The molecule has 3 unspecified atom stereocenters. The molecule has 1 aliphatic heterocycles. The quantitative estimate of drug-likeness (QED) is 0.761. The SMILES string of the molecule is CCC(C)C(N)C(=O)N1CCC(C)(C(=O)NC)C1. The van der Waals surface area contributed by atoms with Gasteiger partial charge in [-0.05, 0) is 19.3 Å². The Kier molecular flexibility index (Phi) is 4.73. The largest absolute Gasteiger partial charge is 0.359 e. The Labute approximate surface area is 109 Å². The standard InChI is InChI=1S/C13H25N3O2/c1-5-9(2)10(14)11(17)16-7-6-13(3,8-16)12(18)15-4/h9-10H,5-8,14H2,1-4H3,(H,15,18). The van der Waals surface area contributed by atoms with Gasteiger partial charge in [-0.15, -0.1) is 0 Å². The molecule has 0 radical (unpaired) electrons. The summed E-state index contributed by atoms with van der Waals surface area (Å²) in [6, 6.07) is -0.456. The van der Waals surface area contributed by atoms with E-state index >= 15 is 0 Å². The summed E-state index contributed by atoms with van der Waals surface area (Å²) in [7, 11) is 1.63. The molecule has 0 saturated carbocycles. The second-order valence-corrected chi connectivity index (χ2v) is 5.56. The van der Waals surface area contributed by atoms with E-state index in [1.807, 2.05) is 20.8 Å². The molecule has 3 atom stereocenters. The molecule has 0 aliphatic carbocycles. The molecule has 0 aromatic carbocycles. The van der Waals surface area contributed by atoms with Crippen molar-refractivity contribution in [1.82, 2.24) is 10.2 Å². The van der Waals surface area contributed by atoms with Gasteiger partial charge < -0.3 is 16.0 Å². The van der Waals surface area contributed by atoms with Gasteiger partial charge in [0.15, 0.2) is 0 Å². The first-order valence-corrected chi connectivity index (χ1v) is 6.62. The molecule has 0 spiro atoms. The fourth-order valence-electron chi connectivity index (χ4n) is 2.34. The minimum Gasteiger partial charge on any atom is -0.359 e. The highest BCUT2D eigenvalue weighted by Crippen LogP contribution is 2.30. The first-order valence-electron chi connectivity index (χ1n) is 6.62. The van der Waals surface area contributed by atoms with Gasteiger partial charge in [0.05, 0.1) is 11.5 Å². The lowest BCUT2D eigenvalue weighted by molar-refractivity contribution is -0.134. The van der Waals surface area contributed by atoms with Gasteiger partial charge in [0.2, 0.25) is 11.8 Å². The average Bonchev–Trinajstić information content (AvgIpc) is 2.78. The van der Waals surface area contributed by atoms with Crippen molar-refractivity contribution < 1.29 is 9.59 Å². The number of rotatable bonds is 4. The van der Waals surface area contributed by atoms with Crippen LogP contribution in [0, 0.1) is 11.3 Å². The summed E-state index contributed by atoms with van der Waals surface area (Å²) in [4.78, 5) is 25.7. The maximum Gasteiger partial charge on any atom is 0.239 e. The van der Waals surface area contributed by atoms with Crippen LogP contribution in [0.25, 0.3) is 0 Å². The van der Waals surface area contributed by atoms with Crippen LogP contribution in [0.1, 0.15) is 33.6 Å². The third-order valence-electron chi connectivity index (χ3n) is 4.10. The van der Waals surface area contributed by atoms with Crippen LogP contribution in [0.5, 0.6) is 0 Å². The number of nitrogens with zero attached hydrogens (tertiary/aromatic N) is 1. The Morgan fingerprint density at radius 2 is 2.11 bits per heavy atom. The Morgan fingerprint density at radius 1 is 1.50 bits per heavy atom. The molecule has 18 heavy (non-hydrogen) atoms. The summed E-state index contributed by atoms with van der Waals surface area (Å²) in [5, 5.41) is 2.66. The van der Waals surface area contributed by atoms with E-state index in [-0.39, 0.29) is 17.7 Å². The van der Waals surface area contributed by atoms with Crippen LogP contribution in [-0.4, -0.2) is 42.9 Å². The molecule has 1 aliphatic rings. The lowest BCUT2D eigenvalue weighted by Gasteiger charge is -2.26. The lowest BCUT2D eigenvalue weighted by Crippen LogP contribution is -2.48. The fourth-order valence-corrected chi connectivity index (χ4v) is 2.34. The van der Waals surface area contributed by atoms with Crippen LogP contribution < -0.4 is 11.1 Å². The summed E-state index contributed by atoms with van der Waals surface area (Å²) < 4.78 is 0. The van der Waals surface area contributed by atoms with Gasteiger partial charge in [-0.25, -0.2) is 0 Å². The summed E-state index contributed by atoms with van der Waals surface area (Å²) in [5.74, 6) is 0.135. The third kappa shape index (κ3) is 2.83. The van der Waals surface area contributed by atoms with Crippen molar-refractivity contribution in [2.24, 2.45) is 17.1 Å². The second kappa shape index (κ2) is 5.69. The highest BCUT2D eigenvalue weighted by molar-refractivity contribution is 5.86. The minimum atomic E-state index is -0.473. The number of likely N-dealkylation sites (tertiary alicyclic amines) is 1. The topological polar surface area (TPSA) is 75.4 Å². The van der Waals surface area contributed by atoms with Gasteiger partial charge >= 0.3 is 0 Å². The Balaban J connectivity index is 2.67. The molecule has 3 N–H and O–H groups in total. The van der Waals surface area contributed by atoms with Gasteiger partial charge in [0.25, 0.3) is 0 Å². The molecular formula is C13H25N3O2. The van der Waals surface area contributed by atoms with Crippen molar-refractivity contribution in [1.29, 1.82) is 0 Å². The summed E-state index contributed by atoms with van der Waals surface area (Å²) in [5.41, 5.74) is 5.48. The van der Waals surface area contributed by atoms with Gasteiger partial charge in [0, 0.05) is 20.1 Å². The van der Waals surface area contributed by atoms with E-state index < -0.39 is 11.5 Å². The molecule has 1 rings (SSSR count). The molecule has 5 nitrogen and oxygen atoms in total. The number of amides is 2. The summed E-state index contributed by atoms with van der Waals surface area (Å²) in [6.45, 7) is 6.99. The van der Waals surface area contributed by atoms with E-state index in [1.165, 1.54) is 0 Å². The van der Waals surface area contributed by atoms with Gasteiger partial charge in [-0.3, -0.25) is 9.59 Å². The minimum absolute atomic E-state index is 0.00471. The van der Waals surface area contributed by atoms with E-state index in [2.05, 4.69) is 5.32 Å². The van der Waals surface area contributed by atoms with Gasteiger partial charge in [-0.2, -0.15) is 0 Å². The molecule has 0 bridgehead atoms. The van der Waals surface area contributed by atoms with Crippen LogP contribution in [0.4, 0.5) is 0 Å². The zero-order valence-corrected chi connectivity index (χ0v) is 11.8. The number of hydrogen-bond acceptors (Lipinski definition) is 3. The molecule has 5 heteroatoms. The van der Waals surface area contributed by atoms with Crippen molar-refractivity contribution in [3.05, 3.63) is 0 Å². The lowest BCUT2D eigenvalue weighted by atomic mass is 9.89. The van der Waals surface area contributed by atoms with Crippen molar-refractivity contribution in [2.45, 2.75) is 39.7 Å². The van der Waals surface area contributed by atoms with E-state index in [1.54, 1.807) is 11.9 Å². The molecular weight excluding hydrogens is 230 g/mol. The smallest absolute Gasteiger partial charge is 0.239 e. The Bertz CT molecular complexity index is 332. The van der Waals surface area contributed by atoms with Crippen LogP contribution >= 0.6 is 0 Å². The molecule has 0 aromatic rings. The number of carbonyl (C=O) groups excluding carboxylic acids is 2. The average molecular weight is 255 g/mol. The first-order chi connectivity index (χ1) is 8.35. The maximum absolute atomic E-state index is 12.2.